The van der Waals surface area contributed by atoms with E-state index in [-0.39, 0.29) is 24.7 Å². The first-order valence-corrected chi connectivity index (χ1v) is 13.1. The van der Waals surface area contributed by atoms with Gasteiger partial charge in [-0.1, -0.05) is 0 Å². The third-order valence-corrected chi connectivity index (χ3v) is 7.75. The van der Waals surface area contributed by atoms with Gasteiger partial charge in [-0.25, -0.2) is 9.97 Å². The predicted molar refractivity (Wildman–Crippen MR) is 143 cm³/mol. The first kappa shape index (κ1) is 27.3. The Kier molecular flexibility index (Phi) is 9.32. The fraction of sp³-hybridized carbons (Fsp3) is 0.593. The Labute approximate surface area is 224 Å². The summed E-state index contributed by atoms with van der Waals surface area (Å²) in [5.74, 6) is 1.99. The van der Waals surface area contributed by atoms with E-state index >= 15 is 0 Å². The molecule has 3 aliphatic rings. The van der Waals surface area contributed by atoms with Crippen LogP contribution in [0.1, 0.15) is 61.5 Å². The van der Waals surface area contributed by atoms with Crippen LogP contribution in [0.5, 0.6) is 17.5 Å². The molecule has 0 aliphatic carbocycles. The van der Waals surface area contributed by atoms with E-state index in [0.717, 1.165) is 57.4 Å². The first-order valence-electron chi connectivity index (χ1n) is 13.1. The number of pyridine rings is 2. The van der Waals surface area contributed by atoms with E-state index in [4.69, 9.17) is 14.2 Å². The molecule has 2 aromatic heterocycles. The highest BCUT2D eigenvalue weighted by Gasteiger charge is 2.27. The smallest absolute Gasteiger partial charge is 0.303 e. The topological polar surface area (TPSA) is 106 Å². The number of halogens is 1. The van der Waals surface area contributed by atoms with Gasteiger partial charge in [0, 0.05) is 48.6 Å². The number of carbonyl (C=O) groups is 1. The maximum absolute atomic E-state index is 11.3. The highest BCUT2D eigenvalue weighted by atomic mass is 35.5. The maximum atomic E-state index is 11.3. The van der Waals surface area contributed by atoms with E-state index < -0.39 is 5.97 Å². The lowest BCUT2D eigenvalue weighted by atomic mass is 9.89. The number of fused-ring (bicyclic) bond motifs is 1. The summed E-state index contributed by atoms with van der Waals surface area (Å²) in [5, 5.41) is 12.7. The van der Waals surface area contributed by atoms with Gasteiger partial charge in [0.2, 0.25) is 11.8 Å². The van der Waals surface area contributed by atoms with Crippen molar-refractivity contribution in [1.29, 1.82) is 0 Å². The molecule has 0 saturated carbocycles. The van der Waals surface area contributed by atoms with E-state index in [2.05, 4.69) is 26.3 Å². The summed E-state index contributed by atoms with van der Waals surface area (Å²) in [7, 11) is 1.67. The third kappa shape index (κ3) is 6.57. The lowest BCUT2D eigenvalue weighted by Gasteiger charge is -2.36. The van der Waals surface area contributed by atoms with Gasteiger partial charge >= 0.3 is 5.97 Å². The Morgan fingerprint density at radius 2 is 1.84 bits per heavy atom. The molecule has 0 amide bonds. The van der Waals surface area contributed by atoms with Gasteiger partial charge in [0.25, 0.3) is 0 Å². The number of hydrogen-bond donors (Lipinski definition) is 2. The number of anilines is 1. The van der Waals surface area contributed by atoms with Crippen molar-refractivity contribution in [3.63, 3.8) is 0 Å². The minimum absolute atomic E-state index is 0. The van der Waals surface area contributed by atoms with Crippen molar-refractivity contribution in [2.24, 2.45) is 5.92 Å². The zero-order valence-corrected chi connectivity index (χ0v) is 22.2. The maximum Gasteiger partial charge on any atom is 0.303 e. The lowest BCUT2D eigenvalue weighted by Crippen LogP contribution is -2.37. The molecule has 2 fully saturated rings. The fourth-order valence-corrected chi connectivity index (χ4v) is 5.66. The van der Waals surface area contributed by atoms with Crippen LogP contribution in [0.25, 0.3) is 0 Å². The van der Waals surface area contributed by atoms with Crippen LogP contribution < -0.4 is 24.4 Å². The van der Waals surface area contributed by atoms with Crippen LogP contribution in [0.15, 0.2) is 24.5 Å². The first-order chi connectivity index (χ1) is 17.6. The van der Waals surface area contributed by atoms with Crippen LogP contribution in [0.4, 0.5) is 5.69 Å². The number of nitrogens with zero attached hydrogens (tertiary/aromatic N) is 3. The standard InChI is InChI=1S/C27H36N4O5.ClH/c1-34-25-14-23(22(15-29-25)19-2-7-28-8-3-19)31-9-4-18(5-10-31)17-36-26-13-21-20(12-27(32)33)6-11-35-24(21)16-30-26;/h13-16,18-20,28H,2-12,17H2,1H3,(H,32,33);1H. The second-order valence-electron chi connectivity index (χ2n) is 10.0. The molecule has 0 spiro atoms. The molecule has 2 aromatic rings. The highest BCUT2D eigenvalue weighted by Crippen LogP contribution is 2.38. The van der Waals surface area contributed by atoms with Crippen molar-refractivity contribution < 1.29 is 24.1 Å². The summed E-state index contributed by atoms with van der Waals surface area (Å²) in [4.78, 5) is 22.7. The molecule has 202 valence electrons. The second-order valence-corrected chi connectivity index (χ2v) is 10.0. The average molecular weight is 533 g/mol. The van der Waals surface area contributed by atoms with Gasteiger partial charge in [-0.05, 0) is 62.6 Å². The van der Waals surface area contributed by atoms with E-state index in [9.17, 15) is 9.90 Å². The zero-order chi connectivity index (χ0) is 24.9. The monoisotopic (exact) mass is 532 g/mol. The number of methoxy groups -OCH3 is 1. The molecule has 0 aromatic carbocycles. The van der Waals surface area contributed by atoms with Crippen LogP contribution in [-0.2, 0) is 4.79 Å². The van der Waals surface area contributed by atoms with E-state index in [0.29, 0.717) is 49.0 Å². The molecule has 0 bridgehead atoms. The molecule has 0 radical (unpaired) electrons. The molecule has 1 atom stereocenters. The summed E-state index contributed by atoms with van der Waals surface area (Å²) >= 11 is 0. The Morgan fingerprint density at radius 1 is 1.08 bits per heavy atom. The van der Waals surface area contributed by atoms with Crippen LogP contribution in [0, 0.1) is 5.92 Å². The Bertz CT molecular complexity index is 1060. The summed E-state index contributed by atoms with van der Waals surface area (Å²) in [5.41, 5.74) is 3.48. The van der Waals surface area contributed by atoms with Crippen molar-refractivity contribution in [3.8, 4) is 17.5 Å². The van der Waals surface area contributed by atoms with E-state index in [1.54, 1.807) is 13.3 Å². The summed E-state index contributed by atoms with van der Waals surface area (Å²) in [6.07, 6.45) is 8.81. The Hall–Kier alpha value is -2.78. The third-order valence-electron chi connectivity index (χ3n) is 7.75. The van der Waals surface area contributed by atoms with Gasteiger partial charge in [0.15, 0.2) is 0 Å². The molecule has 10 heteroatoms. The molecule has 5 rings (SSSR count). The normalized spacial score (nSPS) is 20.4. The number of hydrogen-bond acceptors (Lipinski definition) is 8. The number of carboxylic acids is 1. The summed E-state index contributed by atoms with van der Waals surface area (Å²) < 4.78 is 17.2. The largest absolute Gasteiger partial charge is 0.492 e. The number of aromatic nitrogens is 2. The van der Waals surface area contributed by atoms with Gasteiger partial charge in [0.05, 0.1) is 32.9 Å². The minimum atomic E-state index is -0.797. The highest BCUT2D eigenvalue weighted by molar-refractivity contribution is 5.85. The quantitative estimate of drug-likeness (QED) is 0.521. The molecule has 9 nitrogen and oxygen atoms in total. The van der Waals surface area contributed by atoms with Crippen molar-refractivity contribution in [3.05, 3.63) is 35.7 Å². The SMILES string of the molecule is COc1cc(N2CCC(COc3cc4c(cn3)OCCC4CC(=O)O)CC2)c(C2CCNCC2)cn1.Cl. The molecule has 5 heterocycles. The molecular weight excluding hydrogens is 496 g/mol. The van der Waals surface area contributed by atoms with Crippen molar-refractivity contribution >= 4 is 24.1 Å². The number of ether oxygens (including phenoxy) is 3. The van der Waals surface area contributed by atoms with Gasteiger partial charge < -0.3 is 29.5 Å². The number of nitrogens with one attached hydrogen (secondary N) is 1. The summed E-state index contributed by atoms with van der Waals surface area (Å²) in [6, 6.07) is 3.96. The fourth-order valence-electron chi connectivity index (χ4n) is 5.66. The zero-order valence-electron chi connectivity index (χ0n) is 21.4. The summed E-state index contributed by atoms with van der Waals surface area (Å²) in [6.45, 7) is 5.15. The second kappa shape index (κ2) is 12.6. The number of carboxylic acid groups (broad SMARTS) is 1. The predicted octanol–water partition coefficient (Wildman–Crippen LogP) is 4.01. The van der Waals surface area contributed by atoms with Gasteiger partial charge in [0.1, 0.15) is 5.75 Å². The van der Waals surface area contributed by atoms with Crippen molar-refractivity contribution in [2.45, 2.75) is 50.4 Å². The van der Waals surface area contributed by atoms with Crippen molar-refractivity contribution in [2.75, 3.05) is 51.4 Å². The Morgan fingerprint density at radius 3 is 2.57 bits per heavy atom. The molecule has 37 heavy (non-hydrogen) atoms. The van der Waals surface area contributed by atoms with Crippen molar-refractivity contribution in [1.82, 2.24) is 15.3 Å². The number of rotatable bonds is 8. The molecule has 2 N–H and O–H groups in total. The van der Waals surface area contributed by atoms with Crippen LogP contribution in [0.3, 0.4) is 0 Å². The molecule has 2 saturated heterocycles. The van der Waals surface area contributed by atoms with E-state index in [1.165, 1.54) is 11.3 Å². The molecular formula is C27H37ClN4O5. The average Bonchev–Trinajstić information content (AvgIpc) is 2.92. The minimum Gasteiger partial charge on any atom is -0.492 e. The van der Waals surface area contributed by atoms with Gasteiger partial charge in [-0.3, -0.25) is 4.79 Å². The van der Waals surface area contributed by atoms with Crippen LogP contribution >= 0.6 is 12.4 Å². The lowest BCUT2D eigenvalue weighted by molar-refractivity contribution is -0.137. The number of aliphatic carboxylic acids is 1. The Balaban J connectivity index is 0.00000320. The molecule has 3 aliphatic heterocycles. The molecule has 1 unspecified atom stereocenters. The number of piperidine rings is 2. The van der Waals surface area contributed by atoms with E-state index in [1.807, 2.05) is 12.3 Å². The van der Waals surface area contributed by atoms with Gasteiger partial charge in [-0.15, -0.1) is 12.4 Å². The van der Waals surface area contributed by atoms with Crippen LogP contribution in [0.2, 0.25) is 0 Å². The van der Waals surface area contributed by atoms with Crippen LogP contribution in [-0.4, -0.2) is 67.5 Å². The van der Waals surface area contributed by atoms with Gasteiger partial charge in [-0.2, -0.15) is 0 Å².